The SMILES string of the molecule is CCCc1nc(Cl)cc(NCCC2=CCCC2)n1. The maximum Gasteiger partial charge on any atom is 0.134 e. The minimum Gasteiger partial charge on any atom is -0.370 e. The van der Waals surface area contributed by atoms with Crippen molar-refractivity contribution in [1.29, 1.82) is 0 Å². The number of aromatic nitrogens is 2. The standard InChI is InChI=1S/C14H20ClN3/c1-2-5-13-17-12(15)10-14(18-13)16-9-8-11-6-3-4-7-11/h6,10H,2-5,7-9H2,1H3,(H,16,17,18). The fraction of sp³-hybridized carbons (Fsp3) is 0.571. The Morgan fingerprint density at radius 2 is 2.22 bits per heavy atom. The molecule has 0 saturated carbocycles. The smallest absolute Gasteiger partial charge is 0.134 e. The van der Waals surface area contributed by atoms with E-state index in [0.717, 1.165) is 37.4 Å². The third-order valence-electron chi connectivity index (χ3n) is 3.10. The highest BCUT2D eigenvalue weighted by Crippen LogP contribution is 2.20. The normalized spacial score (nSPS) is 14.7. The maximum absolute atomic E-state index is 5.99. The number of aryl methyl sites for hydroxylation is 1. The molecule has 0 radical (unpaired) electrons. The molecule has 18 heavy (non-hydrogen) atoms. The van der Waals surface area contributed by atoms with Crippen molar-refractivity contribution in [2.24, 2.45) is 0 Å². The van der Waals surface area contributed by atoms with Crippen molar-refractivity contribution in [2.75, 3.05) is 11.9 Å². The van der Waals surface area contributed by atoms with Gasteiger partial charge in [-0.15, -0.1) is 0 Å². The number of nitrogens with one attached hydrogen (secondary N) is 1. The Hall–Kier alpha value is -1.09. The summed E-state index contributed by atoms with van der Waals surface area (Å²) >= 11 is 5.99. The highest BCUT2D eigenvalue weighted by molar-refractivity contribution is 6.29. The molecule has 4 heteroatoms. The summed E-state index contributed by atoms with van der Waals surface area (Å²) in [5, 5.41) is 3.86. The van der Waals surface area contributed by atoms with Crippen LogP contribution in [0.1, 0.15) is 44.9 Å². The molecule has 0 saturated heterocycles. The van der Waals surface area contributed by atoms with Crippen LogP contribution in [0.2, 0.25) is 5.15 Å². The Labute approximate surface area is 114 Å². The van der Waals surface area contributed by atoms with E-state index in [1.54, 1.807) is 11.6 Å². The molecule has 1 N–H and O–H groups in total. The van der Waals surface area contributed by atoms with Crippen LogP contribution in [-0.2, 0) is 6.42 Å². The monoisotopic (exact) mass is 265 g/mol. The quantitative estimate of drug-likeness (QED) is 0.624. The fourth-order valence-corrected chi connectivity index (χ4v) is 2.41. The summed E-state index contributed by atoms with van der Waals surface area (Å²) in [4.78, 5) is 8.67. The molecule has 0 unspecified atom stereocenters. The van der Waals surface area contributed by atoms with Gasteiger partial charge >= 0.3 is 0 Å². The van der Waals surface area contributed by atoms with Gasteiger partial charge in [0.1, 0.15) is 16.8 Å². The van der Waals surface area contributed by atoms with Crippen molar-refractivity contribution in [2.45, 2.75) is 45.4 Å². The Balaban J connectivity index is 1.87. The van der Waals surface area contributed by atoms with Crippen LogP contribution in [0.4, 0.5) is 5.82 Å². The lowest BCUT2D eigenvalue weighted by Gasteiger charge is -2.08. The molecule has 0 fully saturated rings. The van der Waals surface area contributed by atoms with Crippen LogP contribution in [0.3, 0.4) is 0 Å². The zero-order valence-electron chi connectivity index (χ0n) is 10.9. The summed E-state index contributed by atoms with van der Waals surface area (Å²) in [5.41, 5.74) is 1.57. The van der Waals surface area contributed by atoms with Gasteiger partial charge in [-0.1, -0.05) is 30.2 Å². The summed E-state index contributed by atoms with van der Waals surface area (Å²) in [5.74, 6) is 1.67. The number of hydrogen-bond donors (Lipinski definition) is 1. The van der Waals surface area contributed by atoms with Crippen molar-refractivity contribution < 1.29 is 0 Å². The lowest BCUT2D eigenvalue weighted by Crippen LogP contribution is -2.06. The second-order valence-corrected chi connectivity index (χ2v) is 5.06. The van der Waals surface area contributed by atoms with Gasteiger partial charge < -0.3 is 5.32 Å². The van der Waals surface area contributed by atoms with Gasteiger partial charge in [-0.2, -0.15) is 0 Å². The lowest BCUT2D eigenvalue weighted by atomic mass is 10.2. The van der Waals surface area contributed by atoms with Crippen LogP contribution < -0.4 is 5.32 Å². The highest BCUT2D eigenvalue weighted by atomic mass is 35.5. The van der Waals surface area contributed by atoms with Gasteiger partial charge in [0.15, 0.2) is 0 Å². The lowest BCUT2D eigenvalue weighted by molar-refractivity contribution is 0.829. The predicted octanol–water partition coefficient (Wildman–Crippen LogP) is 3.99. The van der Waals surface area contributed by atoms with E-state index in [-0.39, 0.29) is 0 Å². The fourth-order valence-electron chi connectivity index (χ4n) is 2.21. The molecule has 98 valence electrons. The van der Waals surface area contributed by atoms with Crippen molar-refractivity contribution in [3.8, 4) is 0 Å². The van der Waals surface area contributed by atoms with E-state index in [2.05, 4.69) is 28.3 Å². The largest absolute Gasteiger partial charge is 0.370 e. The number of rotatable bonds is 6. The van der Waals surface area contributed by atoms with Crippen LogP contribution in [0.25, 0.3) is 0 Å². The Bertz CT molecular complexity index is 429. The Morgan fingerprint density at radius 1 is 1.33 bits per heavy atom. The van der Waals surface area contributed by atoms with E-state index >= 15 is 0 Å². The molecule has 1 aromatic heterocycles. The van der Waals surface area contributed by atoms with Crippen molar-refractivity contribution in [1.82, 2.24) is 9.97 Å². The first kappa shape index (κ1) is 13.3. The summed E-state index contributed by atoms with van der Waals surface area (Å²) < 4.78 is 0. The molecule has 1 aliphatic rings. The van der Waals surface area contributed by atoms with Gasteiger partial charge in [0.05, 0.1) is 0 Å². The van der Waals surface area contributed by atoms with Crippen molar-refractivity contribution in [3.05, 3.63) is 28.7 Å². The zero-order valence-corrected chi connectivity index (χ0v) is 11.6. The van der Waals surface area contributed by atoms with E-state index in [1.165, 1.54) is 19.3 Å². The topological polar surface area (TPSA) is 37.8 Å². The van der Waals surface area contributed by atoms with Crippen LogP contribution in [0.15, 0.2) is 17.7 Å². The minimum atomic E-state index is 0.524. The number of anilines is 1. The second-order valence-electron chi connectivity index (χ2n) is 4.67. The van der Waals surface area contributed by atoms with Gasteiger partial charge in [0.25, 0.3) is 0 Å². The molecular formula is C14H20ClN3. The molecule has 1 aliphatic carbocycles. The Kier molecular flexibility index (Phi) is 5.00. The first-order chi connectivity index (χ1) is 8.78. The number of halogens is 1. The van der Waals surface area contributed by atoms with E-state index in [9.17, 15) is 0 Å². The molecule has 0 atom stereocenters. The molecule has 0 aromatic carbocycles. The summed E-state index contributed by atoms with van der Waals surface area (Å²) in [6.07, 6.45) is 9.19. The van der Waals surface area contributed by atoms with Crippen LogP contribution in [-0.4, -0.2) is 16.5 Å². The highest BCUT2D eigenvalue weighted by Gasteiger charge is 2.05. The molecule has 0 spiro atoms. The average molecular weight is 266 g/mol. The molecule has 1 aromatic rings. The first-order valence-electron chi connectivity index (χ1n) is 6.73. The number of hydrogen-bond acceptors (Lipinski definition) is 3. The average Bonchev–Trinajstić information content (AvgIpc) is 2.82. The number of allylic oxidation sites excluding steroid dienone is 1. The van der Waals surface area contributed by atoms with E-state index in [4.69, 9.17) is 11.6 Å². The van der Waals surface area contributed by atoms with Crippen LogP contribution >= 0.6 is 11.6 Å². The van der Waals surface area contributed by atoms with Gasteiger partial charge in [0, 0.05) is 19.0 Å². The van der Waals surface area contributed by atoms with Gasteiger partial charge in [-0.05, 0) is 32.1 Å². The molecule has 0 amide bonds. The van der Waals surface area contributed by atoms with Gasteiger partial charge in [-0.25, -0.2) is 9.97 Å². The maximum atomic E-state index is 5.99. The van der Waals surface area contributed by atoms with E-state index in [1.807, 2.05) is 0 Å². The zero-order chi connectivity index (χ0) is 12.8. The third-order valence-corrected chi connectivity index (χ3v) is 3.30. The summed E-state index contributed by atoms with van der Waals surface area (Å²) in [6.45, 7) is 3.04. The van der Waals surface area contributed by atoms with Gasteiger partial charge in [0.2, 0.25) is 0 Å². The summed E-state index contributed by atoms with van der Waals surface area (Å²) in [6, 6.07) is 1.80. The number of nitrogens with zero attached hydrogens (tertiary/aromatic N) is 2. The molecule has 1 heterocycles. The van der Waals surface area contributed by atoms with Gasteiger partial charge in [-0.3, -0.25) is 0 Å². The molecule has 0 bridgehead atoms. The molecule has 0 aliphatic heterocycles. The Morgan fingerprint density at radius 3 is 2.94 bits per heavy atom. The minimum absolute atomic E-state index is 0.524. The van der Waals surface area contributed by atoms with Crippen molar-refractivity contribution in [3.63, 3.8) is 0 Å². The second kappa shape index (κ2) is 6.74. The third kappa shape index (κ3) is 3.98. The molecule has 2 rings (SSSR count). The predicted molar refractivity (Wildman–Crippen MR) is 76.1 cm³/mol. The van der Waals surface area contributed by atoms with E-state index in [0.29, 0.717) is 5.15 Å². The van der Waals surface area contributed by atoms with Crippen LogP contribution in [0, 0.1) is 0 Å². The first-order valence-corrected chi connectivity index (χ1v) is 7.11. The van der Waals surface area contributed by atoms with Crippen molar-refractivity contribution >= 4 is 17.4 Å². The summed E-state index contributed by atoms with van der Waals surface area (Å²) in [7, 11) is 0. The van der Waals surface area contributed by atoms with E-state index < -0.39 is 0 Å². The van der Waals surface area contributed by atoms with Crippen LogP contribution in [0.5, 0.6) is 0 Å². The molecule has 3 nitrogen and oxygen atoms in total. The molecular weight excluding hydrogens is 246 g/mol.